The number of para-hydroxylation sites is 1. The molecule has 3 aromatic rings. The average Bonchev–Trinajstić information content (AvgIpc) is 3.04. The Morgan fingerprint density at radius 1 is 1.00 bits per heavy atom. The second-order valence-corrected chi connectivity index (χ2v) is 11.6. The van der Waals surface area contributed by atoms with E-state index >= 15 is 0 Å². The third-order valence-corrected chi connectivity index (χ3v) is 8.65. The maximum Gasteiger partial charge on any atom is 0.310 e. The minimum absolute atomic E-state index is 0.0662. The summed E-state index contributed by atoms with van der Waals surface area (Å²) in [6, 6.07) is 16.4. The number of ether oxygens (including phenoxy) is 2. The van der Waals surface area contributed by atoms with Crippen LogP contribution in [0.3, 0.4) is 0 Å². The maximum absolute atomic E-state index is 14.3. The zero-order chi connectivity index (χ0) is 30.2. The Morgan fingerprint density at radius 3 is 2.47 bits per heavy atom. The summed E-state index contributed by atoms with van der Waals surface area (Å²) in [7, 11) is 1.64. The second-order valence-electron chi connectivity index (χ2n) is 10.7. The lowest BCUT2D eigenvalue weighted by Crippen LogP contribution is -2.47. The molecule has 0 radical (unpaired) electrons. The number of carbonyl (C=O) groups excluding carboxylic acids is 2. The molecule has 0 aliphatic carbocycles. The van der Waals surface area contributed by atoms with Gasteiger partial charge < -0.3 is 24.2 Å². The van der Waals surface area contributed by atoms with Crippen LogP contribution in [-0.2, 0) is 26.6 Å². The van der Waals surface area contributed by atoms with Crippen LogP contribution >= 0.6 is 11.8 Å². The van der Waals surface area contributed by atoms with Crippen molar-refractivity contribution in [2.75, 3.05) is 62.8 Å². The molecular formula is C32H38FN5O4S. The average molecular weight is 608 g/mol. The van der Waals surface area contributed by atoms with E-state index in [-0.39, 0.29) is 23.6 Å². The smallest absolute Gasteiger partial charge is 0.310 e. The van der Waals surface area contributed by atoms with Gasteiger partial charge in [0.15, 0.2) is 5.16 Å². The lowest BCUT2D eigenvalue weighted by atomic mass is 9.97. The lowest BCUT2D eigenvalue weighted by Gasteiger charge is -2.37. The van der Waals surface area contributed by atoms with Crippen molar-refractivity contribution in [2.24, 2.45) is 5.92 Å². The number of aromatic nitrogens is 2. The molecule has 1 amide bonds. The molecule has 1 atom stereocenters. The van der Waals surface area contributed by atoms with Gasteiger partial charge in [0.05, 0.1) is 30.5 Å². The number of thioether (sulfide) groups is 1. The normalized spacial score (nSPS) is 17.2. The molecule has 0 unspecified atom stereocenters. The number of methoxy groups -OCH3 is 1. The van der Waals surface area contributed by atoms with Crippen LogP contribution in [0.2, 0.25) is 0 Å². The number of piperidine rings is 1. The summed E-state index contributed by atoms with van der Waals surface area (Å²) in [5.41, 5.74) is 3.08. The van der Waals surface area contributed by atoms with Crippen LogP contribution in [-0.4, -0.2) is 79.7 Å². The second kappa shape index (κ2) is 14.7. The fourth-order valence-electron chi connectivity index (χ4n) is 5.48. The highest BCUT2D eigenvalue weighted by atomic mass is 32.2. The number of hydrogen-bond acceptors (Lipinski definition) is 9. The van der Waals surface area contributed by atoms with Crippen LogP contribution in [0.1, 0.15) is 41.4 Å². The Kier molecular flexibility index (Phi) is 10.5. The molecule has 0 spiro atoms. The van der Waals surface area contributed by atoms with Crippen LogP contribution in [0.15, 0.2) is 59.8 Å². The van der Waals surface area contributed by atoms with E-state index in [1.807, 2.05) is 42.5 Å². The summed E-state index contributed by atoms with van der Waals surface area (Å²) in [5, 5.41) is 0.652. The van der Waals surface area contributed by atoms with Gasteiger partial charge >= 0.3 is 5.97 Å². The van der Waals surface area contributed by atoms with Crippen molar-refractivity contribution in [2.45, 2.75) is 37.3 Å². The van der Waals surface area contributed by atoms with Crippen molar-refractivity contribution in [3.8, 4) is 0 Å². The summed E-state index contributed by atoms with van der Waals surface area (Å²) in [5.74, 6) is 0.718. The van der Waals surface area contributed by atoms with Gasteiger partial charge in [-0.1, -0.05) is 36.0 Å². The van der Waals surface area contributed by atoms with Crippen molar-refractivity contribution in [3.05, 3.63) is 77.2 Å². The first-order chi connectivity index (χ1) is 20.9. The number of likely N-dealkylation sites (tertiary alicyclic amines) is 1. The standard InChI is InChI=1S/C32H38FN5O4S/c1-3-42-31(40)25-7-6-14-38(20-25)30(39)24-12-10-23(11-13-24)22-43-32-34-26(21-41-2)19-29(35-32)37-17-15-36(16-18-37)28-9-5-4-8-27(28)33/h4-5,8-13,19,25H,3,6-7,14-18,20-22H2,1-2H3/t25-/m0/s1. The van der Waals surface area contributed by atoms with Gasteiger partial charge in [-0.3, -0.25) is 9.59 Å². The van der Waals surface area contributed by atoms with Crippen molar-refractivity contribution in [1.82, 2.24) is 14.9 Å². The van der Waals surface area contributed by atoms with Gasteiger partial charge in [-0.25, -0.2) is 14.4 Å². The van der Waals surface area contributed by atoms with Gasteiger partial charge in [-0.05, 0) is 49.6 Å². The predicted octanol–water partition coefficient (Wildman–Crippen LogP) is 4.80. The number of esters is 1. The fraction of sp³-hybridized carbons (Fsp3) is 0.438. The molecule has 2 aromatic carbocycles. The monoisotopic (exact) mass is 607 g/mol. The molecule has 0 N–H and O–H groups in total. The van der Waals surface area contributed by atoms with Crippen LogP contribution < -0.4 is 9.80 Å². The number of nitrogens with zero attached hydrogens (tertiary/aromatic N) is 5. The molecule has 1 aromatic heterocycles. The van der Waals surface area contributed by atoms with Crippen molar-refractivity contribution < 1.29 is 23.5 Å². The molecule has 2 aliphatic heterocycles. The highest BCUT2D eigenvalue weighted by Gasteiger charge is 2.30. The Bertz CT molecular complexity index is 1400. The number of halogens is 1. The van der Waals surface area contributed by atoms with Crippen LogP contribution in [0.5, 0.6) is 0 Å². The molecule has 11 heteroatoms. The predicted molar refractivity (Wildman–Crippen MR) is 165 cm³/mol. The number of carbonyl (C=O) groups is 2. The van der Waals surface area contributed by atoms with E-state index in [1.165, 1.54) is 17.8 Å². The molecule has 5 rings (SSSR count). The molecular weight excluding hydrogens is 569 g/mol. The fourth-order valence-corrected chi connectivity index (χ4v) is 6.31. The number of rotatable bonds is 10. The summed E-state index contributed by atoms with van der Waals surface area (Å²) in [4.78, 5) is 40.9. The quantitative estimate of drug-likeness (QED) is 0.183. The van der Waals surface area contributed by atoms with E-state index in [0.29, 0.717) is 61.6 Å². The van der Waals surface area contributed by atoms with Crippen LogP contribution in [0, 0.1) is 11.7 Å². The number of hydrogen-bond donors (Lipinski definition) is 0. The lowest BCUT2D eigenvalue weighted by molar-refractivity contribution is -0.149. The molecule has 3 heterocycles. The number of benzene rings is 2. The highest BCUT2D eigenvalue weighted by Crippen LogP contribution is 2.27. The molecule has 2 saturated heterocycles. The van der Waals surface area contributed by atoms with Crippen molar-refractivity contribution in [3.63, 3.8) is 0 Å². The van der Waals surface area contributed by atoms with Crippen LogP contribution in [0.4, 0.5) is 15.9 Å². The van der Waals surface area contributed by atoms with E-state index < -0.39 is 0 Å². The summed E-state index contributed by atoms with van der Waals surface area (Å²) >= 11 is 1.53. The topological polar surface area (TPSA) is 88.1 Å². The zero-order valence-corrected chi connectivity index (χ0v) is 25.5. The minimum atomic E-state index is -0.261. The zero-order valence-electron chi connectivity index (χ0n) is 24.7. The van der Waals surface area contributed by atoms with Gasteiger partial charge in [0.25, 0.3) is 5.91 Å². The third kappa shape index (κ3) is 7.83. The molecule has 0 bridgehead atoms. The maximum atomic E-state index is 14.3. The Hall–Kier alpha value is -3.70. The van der Waals surface area contributed by atoms with Gasteiger partial charge in [-0.2, -0.15) is 0 Å². The molecule has 43 heavy (non-hydrogen) atoms. The van der Waals surface area contributed by atoms with Gasteiger partial charge in [0.2, 0.25) is 0 Å². The van der Waals surface area contributed by atoms with E-state index in [1.54, 1.807) is 25.0 Å². The van der Waals surface area contributed by atoms with Gasteiger partial charge in [0.1, 0.15) is 11.6 Å². The molecule has 9 nitrogen and oxygen atoms in total. The van der Waals surface area contributed by atoms with E-state index in [2.05, 4.69) is 9.80 Å². The Balaban J connectivity index is 1.19. The summed E-state index contributed by atoms with van der Waals surface area (Å²) in [6.07, 6.45) is 1.54. The Labute approximate surface area is 256 Å². The molecule has 2 fully saturated rings. The number of amides is 1. The van der Waals surface area contributed by atoms with Gasteiger partial charge in [0, 0.05) is 63.8 Å². The summed E-state index contributed by atoms with van der Waals surface area (Å²) < 4.78 is 24.8. The highest BCUT2D eigenvalue weighted by molar-refractivity contribution is 7.98. The minimum Gasteiger partial charge on any atom is -0.466 e. The van der Waals surface area contributed by atoms with E-state index in [0.717, 1.165) is 43.0 Å². The number of piperazine rings is 1. The largest absolute Gasteiger partial charge is 0.466 e. The first-order valence-corrected chi connectivity index (χ1v) is 15.7. The molecule has 0 saturated carbocycles. The van der Waals surface area contributed by atoms with Crippen molar-refractivity contribution >= 4 is 35.1 Å². The first-order valence-electron chi connectivity index (χ1n) is 14.7. The van der Waals surface area contributed by atoms with Gasteiger partial charge in [-0.15, -0.1) is 0 Å². The Morgan fingerprint density at radius 2 is 1.74 bits per heavy atom. The van der Waals surface area contributed by atoms with Crippen LogP contribution in [0.25, 0.3) is 0 Å². The summed E-state index contributed by atoms with van der Waals surface area (Å²) in [6.45, 7) is 6.38. The number of anilines is 2. The SMILES string of the molecule is CCOC(=O)[C@H]1CCCN(C(=O)c2ccc(CSc3nc(COC)cc(N4CCN(c5ccccc5F)CC4)n3)cc2)C1. The first kappa shape index (κ1) is 30.7. The molecule has 228 valence electrons. The van der Waals surface area contributed by atoms with Crippen molar-refractivity contribution in [1.29, 1.82) is 0 Å². The third-order valence-electron chi connectivity index (χ3n) is 7.73. The molecule has 2 aliphatic rings. The van der Waals surface area contributed by atoms with E-state index in [9.17, 15) is 14.0 Å². The van der Waals surface area contributed by atoms with E-state index in [4.69, 9.17) is 19.4 Å².